The number of aliphatic carboxylic acids is 1. The molecule has 0 aliphatic heterocycles. The smallest absolute Gasteiger partial charge is 0.318 e. The van der Waals surface area contributed by atoms with Gasteiger partial charge in [0, 0.05) is 12.7 Å². The molecule has 1 aromatic carbocycles. The number of nitrogens with one attached hydrogen (secondary N) is 2. The molecule has 2 rings (SSSR count). The molecule has 116 valence electrons. The SMILES string of the molecule is CCc1ccc(NC(=O)NC)cc1.O=C(O)C1CCCC1. The Balaban J connectivity index is 0.000000235. The second kappa shape index (κ2) is 9.00. The van der Waals surface area contributed by atoms with Gasteiger partial charge < -0.3 is 15.7 Å². The molecule has 5 nitrogen and oxygen atoms in total. The van der Waals surface area contributed by atoms with Crippen LogP contribution in [0.5, 0.6) is 0 Å². The van der Waals surface area contributed by atoms with Crippen molar-refractivity contribution in [3.63, 3.8) is 0 Å². The normalized spacial score (nSPS) is 14.0. The van der Waals surface area contributed by atoms with Crippen LogP contribution in [0.1, 0.15) is 38.2 Å². The van der Waals surface area contributed by atoms with Gasteiger partial charge in [-0.05, 0) is 37.0 Å². The summed E-state index contributed by atoms with van der Waals surface area (Å²) in [6, 6.07) is 7.61. The Morgan fingerprint density at radius 2 is 1.76 bits per heavy atom. The Kier molecular flexibility index (Phi) is 7.29. The highest BCUT2D eigenvalue weighted by molar-refractivity contribution is 5.88. The number of carbonyl (C=O) groups is 2. The fourth-order valence-electron chi connectivity index (χ4n) is 2.19. The zero-order valence-corrected chi connectivity index (χ0v) is 12.7. The van der Waals surface area contributed by atoms with Gasteiger partial charge in [-0.2, -0.15) is 0 Å². The van der Waals surface area contributed by atoms with Crippen LogP contribution in [0.4, 0.5) is 10.5 Å². The van der Waals surface area contributed by atoms with Gasteiger partial charge >= 0.3 is 12.0 Å². The topological polar surface area (TPSA) is 78.4 Å². The second-order valence-corrected chi connectivity index (χ2v) is 5.07. The molecule has 0 aromatic heterocycles. The number of hydrogen-bond acceptors (Lipinski definition) is 2. The first-order valence-electron chi connectivity index (χ1n) is 7.37. The van der Waals surface area contributed by atoms with E-state index in [2.05, 4.69) is 17.6 Å². The standard InChI is InChI=1S/C10H14N2O.C6H10O2/c1-3-8-4-6-9(7-5-8)12-10(13)11-2;7-6(8)5-3-1-2-4-5/h4-7H,3H2,1-2H3,(H2,11,12,13);5H,1-4H2,(H,7,8). The minimum atomic E-state index is -0.609. The number of urea groups is 1. The molecular formula is C16H24N2O3. The fraction of sp³-hybridized carbons (Fsp3) is 0.500. The maximum atomic E-state index is 10.9. The fourth-order valence-corrected chi connectivity index (χ4v) is 2.19. The van der Waals surface area contributed by atoms with Gasteiger partial charge in [0.2, 0.25) is 0 Å². The summed E-state index contributed by atoms with van der Waals surface area (Å²) in [5.74, 6) is -0.627. The van der Waals surface area contributed by atoms with Crippen LogP contribution >= 0.6 is 0 Å². The van der Waals surface area contributed by atoms with Gasteiger partial charge in [0.05, 0.1) is 5.92 Å². The number of carbonyl (C=O) groups excluding carboxylic acids is 1. The molecule has 0 saturated heterocycles. The van der Waals surface area contributed by atoms with Gasteiger partial charge in [-0.1, -0.05) is 31.9 Å². The van der Waals surface area contributed by atoms with Gasteiger partial charge in [0.25, 0.3) is 0 Å². The molecule has 1 saturated carbocycles. The minimum Gasteiger partial charge on any atom is -0.481 e. The molecule has 0 radical (unpaired) electrons. The van der Waals surface area contributed by atoms with E-state index in [4.69, 9.17) is 5.11 Å². The number of hydrogen-bond donors (Lipinski definition) is 3. The van der Waals surface area contributed by atoms with Crippen molar-refractivity contribution >= 4 is 17.7 Å². The van der Waals surface area contributed by atoms with E-state index in [1.54, 1.807) is 7.05 Å². The first kappa shape index (κ1) is 17.0. The number of carboxylic acid groups (broad SMARTS) is 1. The van der Waals surface area contributed by atoms with Crippen LogP contribution in [0, 0.1) is 5.92 Å². The third-order valence-corrected chi connectivity index (χ3v) is 3.55. The number of benzene rings is 1. The summed E-state index contributed by atoms with van der Waals surface area (Å²) in [7, 11) is 1.59. The van der Waals surface area contributed by atoms with Crippen molar-refractivity contribution in [3.05, 3.63) is 29.8 Å². The highest BCUT2D eigenvalue weighted by Crippen LogP contribution is 2.24. The van der Waals surface area contributed by atoms with E-state index in [0.29, 0.717) is 0 Å². The Morgan fingerprint density at radius 3 is 2.14 bits per heavy atom. The predicted molar refractivity (Wildman–Crippen MR) is 83.5 cm³/mol. The van der Waals surface area contributed by atoms with E-state index < -0.39 is 5.97 Å². The van der Waals surface area contributed by atoms with Crippen molar-refractivity contribution < 1.29 is 14.7 Å². The summed E-state index contributed by atoms with van der Waals surface area (Å²) in [6.45, 7) is 2.10. The van der Waals surface area contributed by atoms with Crippen LogP contribution in [0.3, 0.4) is 0 Å². The lowest BCUT2D eigenvalue weighted by Crippen LogP contribution is -2.24. The molecule has 0 spiro atoms. The van der Waals surface area contributed by atoms with E-state index in [1.165, 1.54) is 5.56 Å². The van der Waals surface area contributed by atoms with E-state index >= 15 is 0 Å². The van der Waals surface area contributed by atoms with Crippen LogP contribution in [0.25, 0.3) is 0 Å². The summed E-state index contributed by atoms with van der Waals surface area (Å²) in [4.78, 5) is 21.1. The zero-order valence-electron chi connectivity index (χ0n) is 12.7. The molecule has 3 N–H and O–H groups in total. The van der Waals surface area contributed by atoms with Crippen molar-refractivity contribution in [3.8, 4) is 0 Å². The van der Waals surface area contributed by atoms with Gasteiger partial charge in [-0.3, -0.25) is 4.79 Å². The molecule has 1 aliphatic carbocycles. The van der Waals surface area contributed by atoms with Crippen LogP contribution in [-0.2, 0) is 11.2 Å². The van der Waals surface area contributed by atoms with Crippen LogP contribution < -0.4 is 10.6 Å². The highest BCUT2D eigenvalue weighted by Gasteiger charge is 2.21. The number of carboxylic acids is 1. The van der Waals surface area contributed by atoms with Crippen molar-refractivity contribution in [1.82, 2.24) is 5.32 Å². The Hall–Kier alpha value is -2.04. The average Bonchev–Trinajstić information content (AvgIpc) is 3.03. The third-order valence-electron chi connectivity index (χ3n) is 3.55. The van der Waals surface area contributed by atoms with Crippen molar-refractivity contribution in [1.29, 1.82) is 0 Å². The van der Waals surface area contributed by atoms with E-state index in [1.807, 2.05) is 24.3 Å². The summed E-state index contributed by atoms with van der Waals surface area (Å²) in [5, 5.41) is 13.6. The van der Waals surface area contributed by atoms with Crippen molar-refractivity contribution in [2.45, 2.75) is 39.0 Å². The molecule has 0 bridgehead atoms. The van der Waals surface area contributed by atoms with Gasteiger partial charge in [-0.15, -0.1) is 0 Å². The van der Waals surface area contributed by atoms with E-state index in [9.17, 15) is 9.59 Å². The molecule has 1 aliphatic rings. The lowest BCUT2D eigenvalue weighted by Gasteiger charge is -2.04. The van der Waals surface area contributed by atoms with E-state index in [0.717, 1.165) is 37.8 Å². The summed E-state index contributed by atoms with van der Waals surface area (Å²) < 4.78 is 0. The minimum absolute atomic E-state index is 0.0185. The highest BCUT2D eigenvalue weighted by atomic mass is 16.4. The lowest BCUT2D eigenvalue weighted by atomic mass is 10.1. The molecule has 0 unspecified atom stereocenters. The molecule has 21 heavy (non-hydrogen) atoms. The number of anilines is 1. The first-order chi connectivity index (χ1) is 10.1. The molecule has 0 heterocycles. The zero-order chi connectivity index (χ0) is 15.7. The quantitative estimate of drug-likeness (QED) is 0.800. The Bertz CT molecular complexity index is 451. The molecular weight excluding hydrogens is 268 g/mol. The van der Waals surface area contributed by atoms with Gasteiger partial charge in [-0.25, -0.2) is 4.79 Å². The largest absolute Gasteiger partial charge is 0.481 e. The van der Waals surface area contributed by atoms with Crippen LogP contribution in [-0.4, -0.2) is 24.2 Å². The molecule has 0 atom stereocenters. The average molecular weight is 292 g/mol. The first-order valence-corrected chi connectivity index (χ1v) is 7.37. The van der Waals surface area contributed by atoms with Gasteiger partial charge in [0.15, 0.2) is 0 Å². The second-order valence-electron chi connectivity index (χ2n) is 5.07. The summed E-state index contributed by atoms with van der Waals surface area (Å²) in [5.41, 5.74) is 2.08. The molecule has 2 amide bonds. The van der Waals surface area contributed by atoms with Crippen LogP contribution in [0.2, 0.25) is 0 Å². The van der Waals surface area contributed by atoms with Crippen LogP contribution in [0.15, 0.2) is 24.3 Å². The third kappa shape index (κ3) is 6.29. The molecule has 5 heteroatoms. The van der Waals surface area contributed by atoms with E-state index in [-0.39, 0.29) is 11.9 Å². The summed E-state index contributed by atoms with van der Waals surface area (Å²) >= 11 is 0. The van der Waals surface area contributed by atoms with Gasteiger partial charge in [0.1, 0.15) is 0 Å². The maximum absolute atomic E-state index is 10.9. The number of rotatable bonds is 3. The number of amides is 2. The molecule has 1 fully saturated rings. The number of aryl methyl sites for hydroxylation is 1. The summed E-state index contributed by atoms with van der Waals surface area (Å²) in [6.07, 6.45) is 5.03. The Morgan fingerprint density at radius 1 is 1.19 bits per heavy atom. The predicted octanol–water partition coefficient (Wildman–Crippen LogP) is 3.26. The molecule has 1 aromatic rings. The van der Waals surface area contributed by atoms with Crippen molar-refractivity contribution in [2.24, 2.45) is 5.92 Å². The Labute approximate surface area is 125 Å². The monoisotopic (exact) mass is 292 g/mol. The maximum Gasteiger partial charge on any atom is 0.318 e. The van der Waals surface area contributed by atoms with Crippen molar-refractivity contribution in [2.75, 3.05) is 12.4 Å². The lowest BCUT2D eigenvalue weighted by molar-refractivity contribution is -0.141.